The molecule has 0 spiro atoms. The smallest absolute Gasteiger partial charge is 0.155 e. The molecule has 0 saturated carbocycles. The lowest BCUT2D eigenvalue weighted by Gasteiger charge is -2.13. The number of allylic oxidation sites excluding steroid dienone is 2. The molecule has 0 radical (unpaired) electrons. The number of hydrogen-bond acceptors (Lipinski definition) is 1. The summed E-state index contributed by atoms with van der Waals surface area (Å²) in [6, 6.07) is 4.79. The highest BCUT2D eigenvalue weighted by Gasteiger charge is 2.14. The average molecular weight is 269 g/mol. The van der Waals surface area contributed by atoms with Crippen LogP contribution in [0.2, 0.25) is 0 Å². The van der Waals surface area contributed by atoms with Gasteiger partial charge in [-0.25, -0.2) is 4.39 Å². The van der Waals surface area contributed by atoms with Crippen molar-refractivity contribution in [1.82, 2.24) is 0 Å². The average Bonchev–Trinajstić information content (AvgIpc) is 2.22. The van der Waals surface area contributed by atoms with Crippen molar-refractivity contribution in [2.45, 2.75) is 19.3 Å². The first-order chi connectivity index (χ1) is 7.16. The van der Waals surface area contributed by atoms with Crippen LogP contribution in [0.15, 0.2) is 28.7 Å². The van der Waals surface area contributed by atoms with Gasteiger partial charge in [0.2, 0.25) is 0 Å². The minimum Gasteiger partial charge on any atom is -0.295 e. The second kappa shape index (κ2) is 4.27. The van der Waals surface area contributed by atoms with Gasteiger partial charge in [-0.3, -0.25) is 4.79 Å². The van der Waals surface area contributed by atoms with E-state index in [9.17, 15) is 9.18 Å². The maximum Gasteiger partial charge on any atom is 0.155 e. The Hall–Kier alpha value is -0.960. The molecule has 1 aliphatic rings. The maximum absolute atomic E-state index is 13.5. The third-order valence-electron chi connectivity index (χ3n) is 2.48. The van der Waals surface area contributed by atoms with Crippen molar-refractivity contribution in [1.29, 1.82) is 0 Å². The molecule has 0 atom stereocenters. The summed E-state index contributed by atoms with van der Waals surface area (Å²) in [6.07, 6.45) is 3.74. The first-order valence-corrected chi connectivity index (χ1v) is 5.65. The molecule has 0 N–H and O–H groups in total. The molecule has 1 aliphatic carbocycles. The highest BCUT2D eigenvalue weighted by molar-refractivity contribution is 9.10. The molecule has 78 valence electrons. The van der Waals surface area contributed by atoms with E-state index in [1.165, 1.54) is 6.07 Å². The lowest BCUT2D eigenvalue weighted by atomic mass is 9.93. The second-order valence-electron chi connectivity index (χ2n) is 3.61. The van der Waals surface area contributed by atoms with Gasteiger partial charge in [0.05, 0.1) is 0 Å². The number of halogens is 2. The Balaban J connectivity index is 2.44. The van der Waals surface area contributed by atoms with E-state index in [1.807, 2.05) is 0 Å². The Morgan fingerprint density at radius 1 is 1.27 bits per heavy atom. The fourth-order valence-electron chi connectivity index (χ4n) is 1.75. The zero-order valence-corrected chi connectivity index (χ0v) is 9.68. The highest BCUT2D eigenvalue weighted by atomic mass is 79.9. The van der Waals surface area contributed by atoms with Crippen LogP contribution in [0.3, 0.4) is 0 Å². The van der Waals surface area contributed by atoms with Crippen LogP contribution in [-0.2, 0) is 4.79 Å². The van der Waals surface area contributed by atoms with E-state index in [0.29, 0.717) is 12.0 Å². The summed E-state index contributed by atoms with van der Waals surface area (Å²) in [5.74, 6) is -0.172. The van der Waals surface area contributed by atoms with Crippen LogP contribution in [0, 0.1) is 5.82 Å². The van der Waals surface area contributed by atoms with Crippen molar-refractivity contribution < 1.29 is 9.18 Å². The Kier molecular flexibility index (Phi) is 3.00. The molecule has 1 nitrogen and oxygen atoms in total. The summed E-state index contributed by atoms with van der Waals surface area (Å²) in [6.45, 7) is 0. The number of carbonyl (C=O) groups is 1. The van der Waals surface area contributed by atoms with E-state index in [4.69, 9.17) is 0 Å². The summed E-state index contributed by atoms with van der Waals surface area (Å²) >= 11 is 3.30. The summed E-state index contributed by atoms with van der Waals surface area (Å²) in [5.41, 5.74) is 1.35. The van der Waals surface area contributed by atoms with E-state index in [0.717, 1.165) is 22.9 Å². The van der Waals surface area contributed by atoms with Crippen molar-refractivity contribution in [3.8, 4) is 0 Å². The normalized spacial score (nSPS) is 16.4. The maximum atomic E-state index is 13.5. The molecule has 15 heavy (non-hydrogen) atoms. The van der Waals surface area contributed by atoms with Crippen LogP contribution in [0.4, 0.5) is 4.39 Å². The fourth-order valence-corrected chi connectivity index (χ4v) is 2.11. The molecule has 0 aromatic heterocycles. The highest BCUT2D eigenvalue weighted by Crippen LogP contribution is 2.29. The molecular weight excluding hydrogens is 259 g/mol. The van der Waals surface area contributed by atoms with Crippen molar-refractivity contribution in [3.05, 3.63) is 40.1 Å². The molecule has 0 heterocycles. The van der Waals surface area contributed by atoms with Gasteiger partial charge in [0.1, 0.15) is 5.82 Å². The minimum atomic E-state index is -0.265. The van der Waals surface area contributed by atoms with E-state index in [1.54, 1.807) is 18.2 Å². The lowest BCUT2D eigenvalue weighted by Crippen LogP contribution is -2.03. The van der Waals surface area contributed by atoms with Gasteiger partial charge < -0.3 is 0 Å². The predicted octanol–water partition coefficient (Wildman–Crippen LogP) is 3.72. The molecule has 1 aromatic rings. The van der Waals surface area contributed by atoms with Gasteiger partial charge in [-0.1, -0.05) is 15.9 Å². The quantitative estimate of drug-likeness (QED) is 0.759. The van der Waals surface area contributed by atoms with E-state index in [2.05, 4.69) is 15.9 Å². The predicted molar refractivity (Wildman–Crippen MR) is 60.9 cm³/mol. The summed E-state index contributed by atoms with van der Waals surface area (Å²) < 4.78 is 14.3. The van der Waals surface area contributed by atoms with Crippen molar-refractivity contribution >= 4 is 27.3 Å². The van der Waals surface area contributed by atoms with Crippen molar-refractivity contribution in [2.24, 2.45) is 0 Å². The number of carbonyl (C=O) groups excluding carboxylic acids is 1. The standard InChI is InChI=1S/C12H10BrFO/c13-9-4-5-12(14)11(7-9)8-2-1-3-10(15)6-8/h4-7H,1-3H2. The van der Waals surface area contributed by atoms with Crippen LogP contribution in [-0.4, -0.2) is 5.78 Å². The van der Waals surface area contributed by atoms with Crippen molar-refractivity contribution in [2.75, 3.05) is 0 Å². The lowest BCUT2D eigenvalue weighted by molar-refractivity contribution is -0.114. The SMILES string of the molecule is O=C1C=C(c2cc(Br)ccc2F)CCC1. The molecule has 0 fully saturated rings. The number of ketones is 1. The Bertz CT molecular complexity index is 437. The number of rotatable bonds is 1. The van der Waals surface area contributed by atoms with Gasteiger partial charge in [-0.15, -0.1) is 0 Å². The topological polar surface area (TPSA) is 17.1 Å². The Labute approximate surface area is 96.1 Å². The van der Waals surface area contributed by atoms with Crippen LogP contribution in [0.5, 0.6) is 0 Å². The molecular formula is C12H10BrFO. The van der Waals surface area contributed by atoms with E-state index >= 15 is 0 Å². The van der Waals surface area contributed by atoms with Gasteiger partial charge in [-0.2, -0.15) is 0 Å². The van der Waals surface area contributed by atoms with Crippen LogP contribution < -0.4 is 0 Å². The molecule has 1 aromatic carbocycles. The minimum absolute atomic E-state index is 0.0932. The number of hydrogen-bond donors (Lipinski definition) is 0. The molecule has 3 heteroatoms. The molecule has 0 amide bonds. The van der Waals surface area contributed by atoms with Gasteiger partial charge >= 0.3 is 0 Å². The first kappa shape index (κ1) is 10.6. The van der Waals surface area contributed by atoms with E-state index in [-0.39, 0.29) is 11.6 Å². The zero-order valence-electron chi connectivity index (χ0n) is 8.09. The van der Waals surface area contributed by atoms with Crippen LogP contribution in [0.25, 0.3) is 5.57 Å². The van der Waals surface area contributed by atoms with Gasteiger partial charge in [-0.05, 0) is 42.7 Å². The number of benzene rings is 1. The molecule has 0 unspecified atom stereocenters. The molecule has 0 aliphatic heterocycles. The zero-order chi connectivity index (χ0) is 10.8. The van der Waals surface area contributed by atoms with Gasteiger partial charge in [0, 0.05) is 16.5 Å². The van der Waals surface area contributed by atoms with Crippen LogP contribution >= 0.6 is 15.9 Å². The molecule has 0 bridgehead atoms. The summed E-state index contributed by atoms with van der Waals surface area (Å²) in [4.78, 5) is 11.2. The monoisotopic (exact) mass is 268 g/mol. The van der Waals surface area contributed by atoms with Crippen LogP contribution in [0.1, 0.15) is 24.8 Å². The first-order valence-electron chi connectivity index (χ1n) is 4.85. The van der Waals surface area contributed by atoms with E-state index < -0.39 is 0 Å². The van der Waals surface area contributed by atoms with Gasteiger partial charge in [0.15, 0.2) is 5.78 Å². The van der Waals surface area contributed by atoms with Crippen molar-refractivity contribution in [3.63, 3.8) is 0 Å². The summed E-state index contributed by atoms with van der Waals surface area (Å²) in [7, 11) is 0. The third-order valence-corrected chi connectivity index (χ3v) is 2.97. The largest absolute Gasteiger partial charge is 0.295 e. The third kappa shape index (κ3) is 2.34. The molecule has 0 saturated heterocycles. The second-order valence-corrected chi connectivity index (χ2v) is 4.53. The van der Waals surface area contributed by atoms with Gasteiger partial charge in [0.25, 0.3) is 0 Å². The Morgan fingerprint density at radius 2 is 2.07 bits per heavy atom. The molecule has 2 rings (SSSR count). The summed E-state index contributed by atoms with van der Waals surface area (Å²) in [5, 5.41) is 0. The fraction of sp³-hybridized carbons (Fsp3) is 0.250. The Morgan fingerprint density at radius 3 is 2.80 bits per heavy atom.